The number of ether oxygens (including phenoxy) is 3. The van der Waals surface area contributed by atoms with Gasteiger partial charge in [0.05, 0.1) is 17.6 Å². The summed E-state index contributed by atoms with van der Waals surface area (Å²) in [6.07, 6.45) is -3.99. The average Bonchev–Trinajstić information content (AvgIpc) is 2.70. The van der Waals surface area contributed by atoms with E-state index in [1.807, 2.05) is 13.8 Å². The first-order valence-electron chi connectivity index (χ1n) is 12.2. The molecule has 0 radical (unpaired) electrons. The van der Waals surface area contributed by atoms with E-state index in [0.717, 1.165) is 0 Å². The third kappa shape index (κ3) is 5.03. The molecule has 0 spiro atoms. The Morgan fingerprint density at radius 1 is 0.857 bits per heavy atom. The molecule has 4 bridgehead atoms. The predicted octanol–water partition coefficient (Wildman–Crippen LogP) is 2.25. The lowest BCUT2D eigenvalue weighted by Crippen LogP contribution is -2.59. The zero-order valence-corrected chi connectivity index (χ0v) is 21.6. The third-order valence-corrected chi connectivity index (χ3v) is 8.37. The number of carbonyl (C=O) groups excluding carboxylic acids is 4. The molecule has 35 heavy (non-hydrogen) atoms. The Morgan fingerprint density at radius 3 is 1.97 bits per heavy atom. The van der Waals surface area contributed by atoms with E-state index in [-0.39, 0.29) is 19.3 Å². The third-order valence-electron chi connectivity index (χ3n) is 8.37. The second kappa shape index (κ2) is 9.65. The lowest BCUT2D eigenvalue weighted by atomic mass is 9.55. The van der Waals surface area contributed by atoms with Gasteiger partial charge >= 0.3 is 17.9 Å². The predicted molar refractivity (Wildman–Crippen MR) is 124 cm³/mol. The van der Waals surface area contributed by atoms with Gasteiger partial charge in [0.1, 0.15) is 12.2 Å². The maximum atomic E-state index is 14.3. The Labute approximate surface area is 206 Å². The second-order valence-corrected chi connectivity index (χ2v) is 11.2. The minimum absolute atomic E-state index is 0.0359. The number of Topliss-reactive ketones (excluding diaryl/α,β-unsaturated/α-hetero) is 1. The molecule has 9 nitrogen and oxygen atoms in total. The summed E-state index contributed by atoms with van der Waals surface area (Å²) < 4.78 is 16.8. The maximum absolute atomic E-state index is 14.3. The van der Waals surface area contributed by atoms with E-state index in [0.29, 0.717) is 17.6 Å². The zero-order chi connectivity index (χ0) is 26.5. The van der Waals surface area contributed by atoms with Crippen molar-refractivity contribution < 1.29 is 43.6 Å². The van der Waals surface area contributed by atoms with Gasteiger partial charge in [0.15, 0.2) is 11.9 Å². The fraction of sp³-hybridized carbons (Fsp3) is 0.769. The van der Waals surface area contributed by atoms with Gasteiger partial charge in [0.2, 0.25) is 0 Å². The van der Waals surface area contributed by atoms with Crippen LogP contribution in [0.4, 0.5) is 0 Å². The number of hydrogen-bond donors (Lipinski definition) is 2. The van der Waals surface area contributed by atoms with Crippen LogP contribution in [0.3, 0.4) is 0 Å². The van der Waals surface area contributed by atoms with Crippen LogP contribution in [0.25, 0.3) is 0 Å². The molecule has 2 fully saturated rings. The maximum Gasteiger partial charge on any atom is 0.303 e. The largest absolute Gasteiger partial charge is 0.461 e. The fourth-order valence-corrected chi connectivity index (χ4v) is 6.65. The summed E-state index contributed by atoms with van der Waals surface area (Å²) in [4.78, 5) is 50.3. The van der Waals surface area contributed by atoms with Crippen LogP contribution in [0.1, 0.15) is 74.1 Å². The summed E-state index contributed by atoms with van der Waals surface area (Å²) in [6, 6.07) is 0. The van der Waals surface area contributed by atoms with Crippen LogP contribution in [0, 0.1) is 22.7 Å². The molecule has 0 aliphatic heterocycles. The smallest absolute Gasteiger partial charge is 0.303 e. The highest BCUT2D eigenvalue weighted by Gasteiger charge is 2.59. The normalized spacial score (nSPS) is 38.9. The highest BCUT2D eigenvalue weighted by Crippen LogP contribution is 2.54. The number of carbonyl (C=O) groups is 4. The summed E-state index contributed by atoms with van der Waals surface area (Å²) in [5.74, 6) is -3.06. The van der Waals surface area contributed by atoms with Crippen LogP contribution >= 0.6 is 0 Å². The lowest BCUT2D eigenvalue weighted by molar-refractivity contribution is -0.179. The van der Waals surface area contributed by atoms with Crippen molar-refractivity contribution >= 4 is 23.7 Å². The minimum atomic E-state index is -1.33. The van der Waals surface area contributed by atoms with Gasteiger partial charge in [-0.05, 0) is 61.5 Å². The number of aliphatic hydroxyl groups is 2. The Kier molecular flexibility index (Phi) is 7.54. The summed E-state index contributed by atoms with van der Waals surface area (Å²) in [5.41, 5.74) is -0.986. The van der Waals surface area contributed by atoms with Crippen molar-refractivity contribution in [1.82, 2.24) is 0 Å². The molecule has 196 valence electrons. The topological polar surface area (TPSA) is 136 Å². The number of hydrogen-bond acceptors (Lipinski definition) is 9. The number of esters is 3. The Morgan fingerprint density at radius 2 is 1.43 bits per heavy atom. The van der Waals surface area contributed by atoms with Crippen molar-refractivity contribution in [2.24, 2.45) is 22.7 Å². The molecule has 9 heteroatoms. The van der Waals surface area contributed by atoms with Crippen molar-refractivity contribution in [1.29, 1.82) is 0 Å². The molecule has 2 N–H and O–H groups in total. The number of rotatable bonds is 3. The summed E-state index contributed by atoms with van der Waals surface area (Å²) in [7, 11) is 0. The molecule has 3 aliphatic carbocycles. The van der Waals surface area contributed by atoms with Crippen molar-refractivity contribution in [3.05, 3.63) is 11.1 Å². The van der Waals surface area contributed by atoms with Crippen molar-refractivity contribution in [2.75, 3.05) is 0 Å². The van der Waals surface area contributed by atoms with Gasteiger partial charge in [0, 0.05) is 27.2 Å². The van der Waals surface area contributed by atoms with Crippen molar-refractivity contribution in [3.63, 3.8) is 0 Å². The molecule has 0 amide bonds. The van der Waals surface area contributed by atoms with Crippen molar-refractivity contribution in [3.8, 4) is 0 Å². The summed E-state index contributed by atoms with van der Waals surface area (Å²) in [5, 5.41) is 22.3. The van der Waals surface area contributed by atoms with Crippen LogP contribution < -0.4 is 0 Å². The number of aliphatic hydroxyl groups excluding tert-OH is 2. The van der Waals surface area contributed by atoms with E-state index in [2.05, 4.69) is 0 Å². The van der Waals surface area contributed by atoms with Gasteiger partial charge in [-0.2, -0.15) is 0 Å². The lowest BCUT2D eigenvalue weighted by Gasteiger charge is -2.53. The quantitative estimate of drug-likeness (QED) is 0.344. The van der Waals surface area contributed by atoms with E-state index in [9.17, 15) is 29.4 Å². The monoisotopic (exact) mass is 494 g/mol. The Hall–Kier alpha value is -2.26. The number of ketones is 1. The molecule has 0 saturated heterocycles. The van der Waals surface area contributed by atoms with E-state index in [4.69, 9.17) is 14.2 Å². The molecular formula is C26H38O9. The molecule has 3 aliphatic rings. The van der Waals surface area contributed by atoms with E-state index < -0.39 is 76.9 Å². The van der Waals surface area contributed by atoms with Gasteiger partial charge in [-0.15, -0.1) is 0 Å². The highest BCUT2D eigenvalue weighted by molar-refractivity contribution is 5.94. The van der Waals surface area contributed by atoms with Gasteiger partial charge < -0.3 is 24.4 Å². The molecule has 0 aromatic rings. The molecule has 0 unspecified atom stereocenters. The fourth-order valence-electron chi connectivity index (χ4n) is 6.65. The first-order chi connectivity index (χ1) is 16.1. The molecule has 0 heterocycles. The highest BCUT2D eigenvalue weighted by atomic mass is 16.6. The van der Waals surface area contributed by atoms with Gasteiger partial charge in [-0.25, -0.2) is 0 Å². The van der Waals surface area contributed by atoms with Crippen LogP contribution in [0.15, 0.2) is 11.1 Å². The van der Waals surface area contributed by atoms with E-state index in [1.54, 1.807) is 13.8 Å². The molecule has 3 rings (SSSR count). The van der Waals surface area contributed by atoms with Crippen LogP contribution in [0.2, 0.25) is 0 Å². The molecule has 0 aromatic carbocycles. The number of fused-ring (bicyclic) bond motifs is 4. The van der Waals surface area contributed by atoms with Gasteiger partial charge in [-0.3, -0.25) is 19.2 Å². The van der Waals surface area contributed by atoms with Crippen LogP contribution in [0.5, 0.6) is 0 Å². The summed E-state index contributed by atoms with van der Waals surface area (Å²) >= 11 is 0. The Balaban J connectivity index is 2.27. The first kappa shape index (κ1) is 27.3. The van der Waals surface area contributed by atoms with Crippen LogP contribution in [-0.4, -0.2) is 64.4 Å². The standard InChI is InChI=1S/C26H38O9/c1-12-20(33-13(2)27)9-17-19(31)8-16-11-26(7,21(10-18(16)30)34-14(3)28)24(32)23(35-15(4)29)22(12)25(17,5)6/h16-21,23,30-31H,8-11H2,1-7H3/t16-,17-,18-,19-,20-,21-,23+,26-/m0/s1. The van der Waals surface area contributed by atoms with Gasteiger partial charge in [0.25, 0.3) is 0 Å². The summed E-state index contributed by atoms with van der Waals surface area (Å²) in [6.45, 7) is 10.9. The van der Waals surface area contributed by atoms with Crippen LogP contribution in [-0.2, 0) is 33.4 Å². The Bertz CT molecular complexity index is 935. The first-order valence-corrected chi connectivity index (χ1v) is 12.2. The van der Waals surface area contributed by atoms with E-state index in [1.165, 1.54) is 20.8 Å². The molecule has 0 aromatic heterocycles. The molecular weight excluding hydrogens is 456 g/mol. The molecule has 8 atom stereocenters. The minimum Gasteiger partial charge on any atom is -0.461 e. The van der Waals surface area contributed by atoms with Gasteiger partial charge in [-0.1, -0.05) is 13.8 Å². The van der Waals surface area contributed by atoms with E-state index >= 15 is 0 Å². The zero-order valence-electron chi connectivity index (χ0n) is 21.6. The second-order valence-electron chi connectivity index (χ2n) is 11.2. The van der Waals surface area contributed by atoms with Crippen molar-refractivity contribution in [2.45, 2.75) is 105 Å². The molecule has 2 saturated carbocycles. The average molecular weight is 495 g/mol. The SMILES string of the molecule is CC(=O)O[C@H]1C(=O)[C@@]2(C)C[C@H](C[C@H](O)[C@@H]3C[C@H](OC(C)=O)C(C)=C1C3(C)C)[C@@H](O)C[C@@H]2OC(C)=O.